The van der Waals surface area contributed by atoms with Gasteiger partial charge in [-0.05, 0) is 38.0 Å². The average molecular weight is 234 g/mol. The van der Waals surface area contributed by atoms with Gasteiger partial charge in [-0.25, -0.2) is 0 Å². The highest BCUT2D eigenvalue weighted by Crippen LogP contribution is 2.18. The van der Waals surface area contributed by atoms with Gasteiger partial charge in [0.25, 0.3) is 0 Å². The summed E-state index contributed by atoms with van der Waals surface area (Å²) in [5, 5.41) is 3.63. The highest BCUT2D eigenvalue weighted by molar-refractivity contribution is 5.46. The zero-order chi connectivity index (χ0) is 12.8. The molecule has 0 aliphatic rings. The van der Waals surface area contributed by atoms with Crippen molar-refractivity contribution in [1.29, 1.82) is 0 Å². The average Bonchev–Trinajstić information content (AvgIpc) is 2.29. The summed E-state index contributed by atoms with van der Waals surface area (Å²) < 4.78 is 0. The lowest BCUT2D eigenvalue weighted by Crippen LogP contribution is -2.28. The number of anilines is 1. The summed E-state index contributed by atoms with van der Waals surface area (Å²) in [6.45, 7) is 6.72. The molecule has 0 aliphatic carbocycles. The Kier molecular flexibility index (Phi) is 5.49. The summed E-state index contributed by atoms with van der Waals surface area (Å²) in [6, 6.07) is 9.80. The van der Waals surface area contributed by atoms with Crippen LogP contribution in [0.2, 0.25) is 0 Å². The SMILES string of the molecule is CCCC(C)NC(C)c1ccc(N(C)C)cc1. The van der Waals surface area contributed by atoms with Crippen LogP contribution in [0.25, 0.3) is 0 Å². The van der Waals surface area contributed by atoms with Crippen molar-refractivity contribution in [2.24, 2.45) is 0 Å². The van der Waals surface area contributed by atoms with E-state index in [0.29, 0.717) is 12.1 Å². The molecule has 1 aromatic rings. The second-order valence-corrected chi connectivity index (χ2v) is 5.06. The first-order valence-corrected chi connectivity index (χ1v) is 6.58. The fourth-order valence-corrected chi connectivity index (χ4v) is 2.10. The van der Waals surface area contributed by atoms with Crippen molar-refractivity contribution in [3.05, 3.63) is 29.8 Å². The second kappa shape index (κ2) is 6.65. The maximum atomic E-state index is 3.63. The summed E-state index contributed by atoms with van der Waals surface area (Å²) in [5.41, 5.74) is 2.61. The fourth-order valence-electron chi connectivity index (χ4n) is 2.10. The Labute approximate surface area is 106 Å². The van der Waals surface area contributed by atoms with Crippen molar-refractivity contribution in [2.45, 2.75) is 45.7 Å². The Hall–Kier alpha value is -1.02. The number of rotatable bonds is 6. The van der Waals surface area contributed by atoms with Crippen LogP contribution in [0.5, 0.6) is 0 Å². The molecule has 0 aromatic heterocycles. The smallest absolute Gasteiger partial charge is 0.0361 e. The standard InChI is InChI=1S/C15H26N2/c1-6-7-12(2)16-13(3)14-8-10-15(11-9-14)17(4)5/h8-13,16H,6-7H2,1-5H3. The van der Waals surface area contributed by atoms with Gasteiger partial charge in [-0.3, -0.25) is 0 Å². The molecule has 1 aromatic carbocycles. The largest absolute Gasteiger partial charge is 0.378 e. The van der Waals surface area contributed by atoms with Crippen LogP contribution in [0.1, 0.15) is 45.2 Å². The van der Waals surface area contributed by atoms with Crippen molar-refractivity contribution in [3.63, 3.8) is 0 Å². The van der Waals surface area contributed by atoms with Gasteiger partial charge in [-0.1, -0.05) is 25.5 Å². The molecule has 0 heterocycles. The van der Waals surface area contributed by atoms with Crippen molar-refractivity contribution >= 4 is 5.69 Å². The third-order valence-electron chi connectivity index (χ3n) is 3.17. The van der Waals surface area contributed by atoms with Crippen molar-refractivity contribution in [3.8, 4) is 0 Å². The van der Waals surface area contributed by atoms with Gasteiger partial charge in [0.05, 0.1) is 0 Å². The molecule has 17 heavy (non-hydrogen) atoms. The van der Waals surface area contributed by atoms with E-state index >= 15 is 0 Å². The van der Waals surface area contributed by atoms with Gasteiger partial charge in [0.1, 0.15) is 0 Å². The van der Waals surface area contributed by atoms with Crippen LogP contribution in [0.4, 0.5) is 5.69 Å². The normalized spacial score (nSPS) is 14.4. The molecular formula is C15H26N2. The van der Waals surface area contributed by atoms with Crippen LogP contribution >= 0.6 is 0 Å². The van der Waals surface area contributed by atoms with E-state index in [1.807, 2.05) is 0 Å². The van der Waals surface area contributed by atoms with Gasteiger partial charge < -0.3 is 10.2 Å². The third-order valence-corrected chi connectivity index (χ3v) is 3.17. The maximum Gasteiger partial charge on any atom is 0.0361 e. The first-order valence-electron chi connectivity index (χ1n) is 6.58. The minimum atomic E-state index is 0.424. The van der Waals surface area contributed by atoms with Gasteiger partial charge in [0.2, 0.25) is 0 Å². The van der Waals surface area contributed by atoms with Crippen LogP contribution in [-0.2, 0) is 0 Å². The highest BCUT2D eigenvalue weighted by Gasteiger charge is 2.08. The quantitative estimate of drug-likeness (QED) is 0.809. The molecule has 0 amide bonds. The van der Waals surface area contributed by atoms with Gasteiger partial charge in [-0.15, -0.1) is 0 Å². The van der Waals surface area contributed by atoms with E-state index in [4.69, 9.17) is 0 Å². The molecule has 0 saturated heterocycles. The summed E-state index contributed by atoms with van der Waals surface area (Å²) >= 11 is 0. The minimum Gasteiger partial charge on any atom is -0.378 e. The Bertz CT molecular complexity index is 316. The first-order chi connectivity index (χ1) is 8.04. The van der Waals surface area contributed by atoms with Crippen molar-refractivity contribution in [2.75, 3.05) is 19.0 Å². The van der Waals surface area contributed by atoms with Crippen LogP contribution in [0.15, 0.2) is 24.3 Å². The van der Waals surface area contributed by atoms with Crippen LogP contribution in [-0.4, -0.2) is 20.1 Å². The van der Waals surface area contributed by atoms with Gasteiger partial charge in [-0.2, -0.15) is 0 Å². The Balaban J connectivity index is 2.60. The molecule has 2 unspecified atom stereocenters. The second-order valence-electron chi connectivity index (χ2n) is 5.06. The Morgan fingerprint density at radius 3 is 2.18 bits per heavy atom. The molecule has 96 valence electrons. The molecule has 0 saturated carbocycles. The number of nitrogens with zero attached hydrogens (tertiary/aromatic N) is 1. The molecule has 0 bridgehead atoms. The number of benzene rings is 1. The van der Waals surface area contributed by atoms with Crippen molar-refractivity contribution < 1.29 is 0 Å². The van der Waals surface area contributed by atoms with E-state index in [-0.39, 0.29) is 0 Å². The maximum absolute atomic E-state index is 3.63. The Morgan fingerprint density at radius 2 is 1.71 bits per heavy atom. The van der Waals surface area contributed by atoms with Gasteiger partial charge >= 0.3 is 0 Å². The molecule has 0 fully saturated rings. The lowest BCUT2D eigenvalue weighted by molar-refractivity contribution is 0.453. The third kappa shape index (κ3) is 4.39. The predicted octanol–water partition coefficient (Wildman–Crippen LogP) is 3.59. The summed E-state index contributed by atoms with van der Waals surface area (Å²) in [5.74, 6) is 0. The van der Waals surface area contributed by atoms with Gasteiger partial charge in [0, 0.05) is 31.9 Å². The first kappa shape index (κ1) is 14.0. The van der Waals surface area contributed by atoms with E-state index in [2.05, 4.69) is 69.3 Å². The summed E-state index contributed by atoms with van der Waals surface area (Å²) in [6.07, 6.45) is 2.47. The van der Waals surface area contributed by atoms with Crippen LogP contribution in [0, 0.1) is 0 Å². The summed E-state index contributed by atoms with van der Waals surface area (Å²) in [7, 11) is 4.14. The summed E-state index contributed by atoms with van der Waals surface area (Å²) in [4.78, 5) is 2.13. The molecule has 0 radical (unpaired) electrons. The Morgan fingerprint density at radius 1 is 1.12 bits per heavy atom. The molecule has 2 heteroatoms. The van der Waals surface area contributed by atoms with Crippen LogP contribution < -0.4 is 10.2 Å². The number of nitrogens with one attached hydrogen (secondary N) is 1. The zero-order valence-electron chi connectivity index (χ0n) is 11.8. The minimum absolute atomic E-state index is 0.424. The topological polar surface area (TPSA) is 15.3 Å². The molecule has 2 nitrogen and oxygen atoms in total. The molecule has 1 N–H and O–H groups in total. The molecule has 0 spiro atoms. The lowest BCUT2D eigenvalue weighted by atomic mass is 10.1. The van der Waals surface area contributed by atoms with Gasteiger partial charge in [0.15, 0.2) is 0 Å². The van der Waals surface area contributed by atoms with E-state index in [1.165, 1.54) is 24.1 Å². The van der Waals surface area contributed by atoms with E-state index < -0.39 is 0 Å². The molecular weight excluding hydrogens is 208 g/mol. The molecule has 2 atom stereocenters. The highest BCUT2D eigenvalue weighted by atomic mass is 15.1. The lowest BCUT2D eigenvalue weighted by Gasteiger charge is -2.21. The van der Waals surface area contributed by atoms with E-state index in [0.717, 1.165) is 0 Å². The van der Waals surface area contributed by atoms with E-state index in [1.54, 1.807) is 0 Å². The molecule has 1 rings (SSSR count). The van der Waals surface area contributed by atoms with E-state index in [9.17, 15) is 0 Å². The number of hydrogen-bond acceptors (Lipinski definition) is 2. The molecule has 0 aliphatic heterocycles. The van der Waals surface area contributed by atoms with Crippen molar-refractivity contribution in [1.82, 2.24) is 5.32 Å². The number of hydrogen-bond donors (Lipinski definition) is 1. The zero-order valence-corrected chi connectivity index (χ0v) is 11.8. The fraction of sp³-hybridized carbons (Fsp3) is 0.600. The monoisotopic (exact) mass is 234 g/mol. The van der Waals surface area contributed by atoms with Crippen LogP contribution in [0.3, 0.4) is 0 Å². The predicted molar refractivity (Wildman–Crippen MR) is 76.7 cm³/mol.